The molecule has 0 radical (unpaired) electrons. The van der Waals surface area contributed by atoms with Crippen LogP contribution in [-0.2, 0) is 14.6 Å². The zero-order valence-electron chi connectivity index (χ0n) is 13.4. The van der Waals surface area contributed by atoms with Crippen LogP contribution in [0.5, 0.6) is 0 Å². The molecule has 3 aromatic rings. The van der Waals surface area contributed by atoms with Crippen molar-refractivity contribution in [1.29, 1.82) is 0 Å². The number of carbonyl (C=O) groups excluding carboxylic acids is 1. The lowest BCUT2D eigenvalue weighted by atomic mass is 10.1. The van der Waals surface area contributed by atoms with Gasteiger partial charge in [0.05, 0.1) is 4.90 Å². The Balaban J connectivity index is 2.12. The quantitative estimate of drug-likeness (QED) is 0.785. The van der Waals surface area contributed by atoms with Gasteiger partial charge in [-0.2, -0.15) is 4.98 Å². The number of amides is 1. The molecule has 7 nitrogen and oxygen atoms in total. The van der Waals surface area contributed by atoms with Crippen LogP contribution in [-0.4, -0.2) is 35.2 Å². The number of fused-ring (bicyclic) bond motifs is 1. The number of nitrogens with one attached hydrogen (secondary N) is 1. The molecule has 0 bridgehead atoms. The first-order valence-corrected chi connectivity index (χ1v) is 9.08. The number of rotatable bonds is 3. The van der Waals surface area contributed by atoms with Gasteiger partial charge in [-0.05, 0) is 36.2 Å². The van der Waals surface area contributed by atoms with Crippen LogP contribution in [0.4, 0.5) is 5.95 Å². The normalized spacial score (nSPS) is 11.6. The van der Waals surface area contributed by atoms with Crippen LogP contribution in [0.2, 0.25) is 0 Å². The predicted octanol–water partition coefficient (Wildman–Crippen LogP) is 2.07. The number of anilines is 1. The van der Waals surface area contributed by atoms with Crippen molar-refractivity contribution in [3.63, 3.8) is 0 Å². The smallest absolute Gasteiger partial charge is 0.249 e. The van der Waals surface area contributed by atoms with Gasteiger partial charge in [-0.1, -0.05) is 12.1 Å². The lowest BCUT2D eigenvalue weighted by molar-refractivity contribution is -0.114. The minimum absolute atomic E-state index is 0.229. The van der Waals surface area contributed by atoms with E-state index in [1.54, 1.807) is 28.9 Å². The molecule has 0 unspecified atom stereocenters. The number of sulfone groups is 1. The van der Waals surface area contributed by atoms with Crippen molar-refractivity contribution < 1.29 is 13.2 Å². The molecule has 0 aliphatic carbocycles. The van der Waals surface area contributed by atoms with Crippen molar-refractivity contribution in [3.8, 4) is 11.1 Å². The Labute approximate surface area is 139 Å². The first kappa shape index (κ1) is 16.1. The molecule has 2 heterocycles. The Morgan fingerprint density at radius 3 is 2.62 bits per heavy atom. The van der Waals surface area contributed by atoms with Crippen LogP contribution >= 0.6 is 0 Å². The van der Waals surface area contributed by atoms with Crippen molar-refractivity contribution in [2.24, 2.45) is 0 Å². The van der Waals surface area contributed by atoms with Crippen LogP contribution in [0.25, 0.3) is 16.8 Å². The Morgan fingerprint density at radius 2 is 1.96 bits per heavy atom. The molecule has 0 atom stereocenters. The van der Waals surface area contributed by atoms with Crippen molar-refractivity contribution in [3.05, 3.63) is 42.1 Å². The van der Waals surface area contributed by atoms with Gasteiger partial charge in [0, 0.05) is 24.9 Å². The van der Waals surface area contributed by atoms with Crippen molar-refractivity contribution >= 4 is 27.3 Å². The molecule has 0 saturated heterocycles. The summed E-state index contributed by atoms with van der Waals surface area (Å²) in [4.78, 5) is 15.7. The average Bonchev–Trinajstić information content (AvgIpc) is 2.88. The number of hydrogen-bond acceptors (Lipinski definition) is 5. The highest BCUT2D eigenvalue weighted by molar-refractivity contribution is 7.90. The first-order chi connectivity index (χ1) is 11.2. The van der Waals surface area contributed by atoms with Crippen molar-refractivity contribution in [2.75, 3.05) is 11.6 Å². The molecular weight excluding hydrogens is 328 g/mol. The van der Waals surface area contributed by atoms with Gasteiger partial charge in [-0.15, -0.1) is 5.10 Å². The van der Waals surface area contributed by atoms with Crippen LogP contribution in [0, 0.1) is 6.92 Å². The lowest BCUT2D eigenvalue weighted by Crippen LogP contribution is -2.07. The second-order valence-corrected chi connectivity index (χ2v) is 7.61. The molecule has 1 N–H and O–H groups in total. The first-order valence-electron chi connectivity index (χ1n) is 7.19. The minimum atomic E-state index is -3.28. The topological polar surface area (TPSA) is 93.4 Å². The van der Waals surface area contributed by atoms with Crippen LogP contribution in [0.15, 0.2) is 41.4 Å². The third-order valence-corrected chi connectivity index (χ3v) is 4.61. The maximum absolute atomic E-state index is 11.7. The molecule has 1 amide bonds. The summed E-state index contributed by atoms with van der Waals surface area (Å²) < 4.78 is 25.0. The fraction of sp³-hybridized carbons (Fsp3) is 0.188. The standard InChI is InChI=1S/C16H16N4O3S/c1-10-7-13(12-5-4-6-14(8-12)24(3,22)23)9-20-15(10)18-16(19-20)17-11(2)21/h4-9H,1-3H3,(H,17,19,21). The van der Waals surface area contributed by atoms with Crippen LogP contribution in [0.1, 0.15) is 12.5 Å². The molecule has 1 aromatic carbocycles. The highest BCUT2D eigenvalue weighted by Gasteiger charge is 2.12. The van der Waals surface area contributed by atoms with E-state index >= 15 is 0 Å². The van der Waals surface area contributed by atoms with Gasteiger partial charge in [-0.3, -0.25) is 10.1 Å². The maximum Gasteiger partial charge on any atom is 0.249 e. The van der Waals surface area contributed by atoms with E-state index < -0.39 is 9.84 Å². The van der Waals surface area contributed by atoms with E-state index in [4.69, 9.17) is 0 Å². The molecule has 0 fully saturated rings. The second kappa shape index (κ2) is 5.72. The zero-order valence-corrected chi connectivity index (χ0v) is 14.3. The molecular formula is C16H16N4O3S. The Hall–Kier alpha value is -2.74. The van der Waals surface area contributed by atoms with Crippen molar-refractivity contribution in [1.82, 2.24) is 14.6 Å². The third kappa shape index (κ3) is 3.13. The number of carbonyl (C=O) groups is 1. The van der Waals surface area contributed by atoms with Gasteiger partial charge in [-0.25, -0.2) is 12.9 Å². The van der Waals surface area contributed by atoms with Gasteiger partial charge < -0.3 is 0 Å². The highest BCUT2D eigenvalue weighted by atomic mass is 32.2. The van der Waals surface area contributed by atoms with Crippen LogP contribution in [0.3, 0.4) is 0 Å². The van der Waals surface area contributed by atoms with Gasteiger partial charge in [0.1, 0.15) is 0 Å². The molecule has 3 rings (SSSR count). The summed E-state index contributed by atoms with van der Waals surface area (Å²) >= 11 is 0. The Bertz CT molecular complexity index is 1050. The number of aryl methyl sites for hydroxylation is 1. The summed E-state index contributed by atoms with van der Waals surface area (Å²) in [6.45, 7) is 3.27. The molecule has 2 aromatic heterocycles. The van der Waals surface area contributed by atoms with E-state index in [0.29, 0.717) is 5.65 Å². The molecule has 8 heteroatoms. The summed E-state index contributed by atoms with van der Waals surface area (Å²) in [5, 5.41) is 6.77. The summed E-state index contributed by atoms with van der Waals surface area (Å²) in [5.41, 5.74) is 3.06. The Kier molecular flexibility index (Phi) is 3.84. The molecule has 0 aliphatic rings. The van der Waals surface area contributed by atoms with E-state index in [1.807, 2.05) is 19.1 Å². The number of pyridine rings is 1. The molecule has 0 aliphatic heterocycles. The summed E-state index contributed by atoms with van der Waals surface area (Å²) in [6, 6.07) is 8.63. The summed E-state index contributed by atoms with van der Waals surface area (Å²) in [5.74, 6) is -0.0164. The zero-order chi connectivity index (χ0) is 17.5. The summed E-state index contributed by atoms with van der Waals surface area (Å²) in [7, 11) is -3.28. The number of aromatic nitrogens is 3. The number of nitrogens with zero attached hydrogens (tertiary/aromatic N) is 3. The largest absolute Gasteiger partial charge is 0.293 e. The minimum Gasteiger partial charge on any atom is -0.293 e. The van der Waals surface area contributed by atoms with E-state index in [0.717, 1.165) is 16.7 Å². The van der Waals surface area contributed by atoms with Gasteiger partial charge >= 0.3 is 0 Å². The molecule has 24 heavy (non-hydrogen) atoms. The average molecular weight is 344 g/mol. The molecule has 0 spiro atoms. The molecule has 0 saturated carbocycles. The fourth-order valence-corrected chi connectivity index (χ4v) is 3.09. The monoisotopic (exact) mass is 344 g/mol. The Morgan fingerprint density at radius 1 is 1.21 bits per heavy atom. The van der Waals surface area contributed by atoms with E-state index in [-0.39, 0.29) is 16.8 Å². The number of benzene rings is 1. The third-order valence-electron chi connectivity index (χ3n) is 3.50. The SMILES string of the molecule is CC(=O)Nc1nc2c(C)cc(-c3cccc(S(C)(=O)=O)c3)cn2n1. The van der Waals surface area contributed by atoms with E-state index in [2.05, 4.69) is 15.4 Å². The van der Waals surface area contributed by atoms with Gasteiger partial charge in [0.15, 0.2) is 15.5 Å². The summed E-state index contributed by atoms with van der Waals surface area (Å²) in [6.07, 6.45) is 2.93. The fourth-order valence-electron chi connectivity index (χ4n) is 2.42. The van der Waals surface area contributed by atoms with E-state index in [9.17, 15) is 13.2 Å². The molecule has 124 valence electrons. The van der Waals surface area contributed by atoms with Gasteiger partial charge in [0.2, 0.25) is 11.9 Å². The highest BCUT2D eigenvalue weighted by Crippen LogP contribution is 2.25. The van der Waals surface area contributed by atoms with Crippen molar-refractivity contribution in [2.45, 2.75) is 18.7 Å². The van der Waals surface area contributed by atoms with Crippen LogP contribution < -0.4 is 5.32 Å². The second-order valence-electron chi connectivity index (χ2n) is 5.60. The number of hydrogen-bond donors (Lipinski definition) is 1. The maximum atomic E-state index is 11.7. The van der Waals surface area contributed by atoms with Gasteiger partial charge in [0.25, 0.3) is 0 Å². The lowest BCUT2D eigenvalue weighted by Gasteiger charge is -2.06. The predicted molar refractivity (Wildman–Crippen MR) is 90.6 cm³/mol. The van der Waals surface area contributed by atoms with E-state index in [1.165, 1.54) is 13.2 Å².